The van der Waals surface area contributed by atoms with Gasteiger partial charge in [-0.2, -0.15) is 0 Å². The van der Waals surface area contributed by atoms with Crippen molar-refractivity contribution in [2.24, 2.45) is 0 Å². The van der Waals surface area contributed by atoms with Gasteiger partial charge in [0.15, 0.2) is 0 Å². The van der Waals surface area contributed by atoms with Gasteiger partial charge in [0.1, 0.15) is 11.2 Å². The second-order valence-corrected chi connectivity index (χ2v) is 5.69. The molecule has 0 atom stereocenters. The molecule has 0 spiro atoms. The molecule has 1 aromatic rings. The normalized spacial score (nSPS) is 13.8. The first kappa shape index (κ1) is 14.7. The Bertz CT molecular complexity index is 523. The zero-order valence-corrected chi connectivity index (χ0v) is 12.2. The number of ether oxygens (including phenoxy) is 1. The van der Waals surface area contributed by atoms with E-state index in [1.807, 2.05) is 6.07 Å². The van der Waals surface area contributed by atoms with Gasteiger partial charge in [-0.1, -0.05) is 0 Å². The second-order valence-electron chi connectivity index (χ2n) is 4.55. The van der Waals surface area contributed by atoms with Crippen LogP contribution >= 0.6 is 11.3 Å². The second kappa shape index (κ2) is 6.65. The molecule has 0 saturated heterocycles. The maximum atomic E-state index is 11.9. The average Bonchev–Trinajstić information content (AvgIpc) is 2.88. The van der Waals surface area contributed by atoms with Crippen molar-refractivity contribution in [3.63, 3.8) is 0 Å². The first-order valence-electron chi connectivity index (χ1n) is 6.65. The van der Waals surface area contributed by atoms with E-state index in [0.29, 0.717) is 24.6 Å². The molecule has 0 fully saturated rings. The molecule has 0 aromatic carbocycles. The molecule has 0 radical (unpaired) electrons. The smallest absolute Gasteiger partial charge is 0.348 e. The van der Waals surface area contributed by atoms with Crippen LogP contribution in [0.25, 0.3) is 0 Å². The van der Waals surface area contributed by atoms with Crippen molar-refractivity contribution in [3.05, 3.63) is 21.4 Å². The van der Waals surface area contributed by atoms with Crippen molar-refractivity contribution < 1.29 is 19.1 Å². The van der Waals surface area contributed by atoms with Crippen LogP contribution in [0.4, 0.5) is 0 Å². The number of hydrogen-bond acceptors (Lipinski definition) is 5. The van der Waals surface area contributed by atoms with Crippen LogP contribution in [0.3, 0.4) is 0 Å². The molecule has 2 rings (SSSR count). The van der Waals surface area contributed by atoms with E-state index >= 15 is 0 Å². The van der Waals surface area contributed by atoms with Crippen LogP contribution in [-0.2, 0) is 27.3 Å². The van der Waals surface area contributed by atoms with E-state index in [0.717, 1.165) is 23.1 Å². The topological polar surface area (TPSA) is 63.7 Å². The van der Waals surface area contributed by atoms with Crippen LogP contribution in [0, 0.1) is 0 Å². The summed E-state index contributed by atoms with van der Waals surface area (Å²) in [5, 5.41) is 0. The molecule has 0 unspecified atom stereocenters. The van der Waals surface area contributed by atoms with Gasteiger partial charge in [0.2, 0.25) is 5.91 Å². The quantitative estimate of drug-likeness (QED) is 0.613. The molecular weight excluding hydrogens is 278 g/mol. The molecule has 5 nitrogen and oxygen atoms in total. The highest BCUT2D eigenvalue weighted by Gasteiger charge is 2.24. The lowest BCUT2D eigenvalue weighted by atomic mass is 10.1. The van der Waals surface area contributed by atoms with Gasteiger partial charge < -0.3 is 14.4 Å². The number of thiophene rings is 1. The maximum Gasteiger partial charge on any atom is 0.348 e. The van der Waals surface area contributed by atoms with Gasteiger partial charge in [0.25, 0.3) is 0 Å². The zero-order chi connectivity index (χ0) is 14.5. The molecule has 1 aliphatic heterocycles. The van der Waals surface area contributed by atoms with Crippen molar-refractivity contribution in [1.82, 2.24) is 4.90 Å². The fourth-order valence-electron chi connectivity index (χ4n) is 2.19. The Balaban J connectivity index is 2.04. The number of rotatable bonds is 5. The molecule has 0 aliphatic carbocycles. The van der Waals surface area contributed by atoms with E-state index in [1.54, 1.807) is 11.8 Å². The van der Waals surface area contributed by atoms with Crippen LogP contribution < -0.4 is 0 Å². The summed E-state index contributed by atoms with van der Waals surface area (Å²) in [6.07, 6.45) is 2.04. The molecule has 1 amide bonds. The molecule has 0 N–H and O–H groups in total. The Kier molecular flexibility index (Phi) is 4.89. The number of amides is 1. The van der Waals surface area contributed by atoms with Crippen LogP contribution in [0.5, 0.6) is 0 Å². The maximum absolute atomic E-state index is 11.9. The van der Waals surface area contributed by atoms with Gasteiger partial charge >= 0.3 is 5.97 Å². The van der Waals surface area contributed by atoms with Crippen LogP contribution in [0.2, 0.25) is 0 Å². The summed E-state index contributed by atoms with van der Waals surface area (Å²) < 4.78 is 4.99. The Morgan fingerprint density at radius 3 is 3.00 bits per heavy atom. The fraction of sp³-hybridized carbons (Fsp3) is 0.500. The van der Waals surface area contributed by atoms with Crippen LogP contribution in [-0.4, -0.2) is 36.2 Å². The van der Waals surface area contributed by atoms with Crippen molar-refractivity contribution in [2.45, 2.75) is 32.7 Å². The third-order valence-corrected chi connectivity index (χ3v) is 4.39. The SMILES string of the molecule is CCOC(=O)c1cc2c(s1)CCN(C(=O)CCC=O)C2. The van der Waals surface area contributed by atoms with Gasteiger partial charge in [-0.15, -0.1) is 11.3 Å². The molecule has 0 bridgehead atoms. The molecule has 1 aromatic heterocycles. The summed E-state index contributed by atoms with van der Waals surface area (Å²) in [6.45, 7) is 3.30. The number of aldehydes is 1. The van der Waals surface area contributed by atoms with Crippen molar-refractivity contribution in [1.29, 1.82) is 0 Å². The van der Waals surface area contributed by atoms with E-state index in [2.05, 4.69) is 0 Å². The van der Waals surface area contributed by atoms with E-state index in [1.165, 1.54) is 11.3 Å². The highest BCUT2D eigenvalue weighted by atomic mass is 32.1. The lowest BCUT2D eigenvalue weighted by Crippen LogP contribution is -2.35. The molecule has 6 heteroatoms. The predicted octanol–water partition coefficient (Wildman–Crippen LogP) is 1.79. The number of carbonyl (C=O) groups excluding carboxylic acids is 3. The Hall–Kier alpha value is -1.69. The number of esters is 1. The average molecular weight is 295 g/mol. The van der Waals surface area contributed by atoms with Gasteiger partial charge in [0, 0.05) is 30.8 Å². The lowest BCUT2D eigenvalue weighted by molar-refractivity contribution is -0.133. The lowest BCUT2D eigenvalue weighted by Gasteiger charge is -2.26. The van der Waals surface area contributed by atoms with E-state index in [9.17, 15) is 14.4 Å². The van der Waals surface area contributed by atoms with Gasteiger partial charge in [-0.3, -0.25) is 4.79 Å². The van der Waals surface area contributed by atoms with Crippen molar-refractivity contribution >= 4 is 29.5 Å². The van der Waals surface area contributed by atoms with Crippen molar-refractivity contribution in [3.8, 4) is 0 Å². The minimum Gasteiger partial charge on any atom is -0.462 e. The number of nitrogens with zero attached hydrogens (tertiary/aromatic N) is 1. The van der Waals surface area contributed by atoms with E-state index < -0.39 is 0 Å². The fourth-order valence-corrected chi connectivity index (χ4v) is 3.25. The van der Waals surface area contributed by atoms with Gasteiger partial charge in [-0.05, 0) is 25.0 Å². The third kappa shape index (κ3) is 3.25. The van der Waals surface area contributed by atoms with Crippen molar-refractivity contribution in [2.75, 3.05) is 13.2 Å². The summed E-state index contributed by atoms with van der Waals surface area (Å²) in [5.41, 5.74) is 1.02. The highest BCUT2D eigenvalue weighted by molar-refractivity contribution is 7.14. The summed E-state index contributed by atoms with van der Waals surface area (Å²) >= 11 is 1.45. The zero-order valence-electron chi connectivity index (χ0n) is 11.4. The van der Waals surface area contributed by atoms with E-state index in [4.69, 9.17) is 4.74 Å². The number of carbonyl (C=O) groups is 3. The third-order valence-electron chi connectivity index (χ3n) is 3.17. The first-order chi connectivity index (χ1) is 9.65. The van der Waals surface area contributed by atoms with Gasteiger partial charge in [0.05, 0.1) is 6.61 Å². The predicted molar refractivity (Wildman–Crippen MR) is 74.7 cm³/mol. The summed E-state index contributed by atoms with van der Waals surface area (Å²) in [6, 6.07) is 1.82. The number of hydrogen-bond donors (Lipinski definition) is 0. The molecule has 1 aliphatic rings. The summed E-state index contributed by atoms with van der Waals surface area (Å²) in [5.74, 6) is -0.308. The van der Waals surface area contributed by atoms with E-state index in [-0.39, 0.29) is 24.7 Å². The Morgan fingerprint density at radius 2 is 2.30 bits per heavy atom. The molecule has 108 valence electrons. The highest BCUT2D eigenvalue weighted by Crippen LogP contribution is 2.29. The van der Waals surface area contributed by atoms with Crippen LogP contribution in [0.15, 0.2) is 6.07 Å². The Morgan fingerprint density at radius 1 is 1.50 bits per heavy atom. The molecule has 2 heterocycles. The molecule has 20 heavy (non-hydrogen) atoms. The minimum absolute atomic E-state index is 0.00775. The minimum atomic E-state index is -0.300. The van der Waals surface area contributed by atoms with Crippen LogP contribution in [0.1, 0.15) is 39.9 Å². The summed E-state index contributed by atoms with van der Waals surface area (Å²) in [4.78, 5) is 37.4. The molecular formula is C14H17NO4S. The number of fused-ring (bicyclic) bond motifs is 1. The molecule has 0 saturated carbocycles. The summed E-state index contributed by atoms with van der Waals surface area (Å²) in [7, 11) is 0. The largest absolute Gasteiger partial charge is 0.462 e. The monoisotopic (exact) mass is 295 g/mol. The first-order valence-corrected chi connectivity index (χ1v) is 7.47. The standard InChI is InChI=1S/C14H17NO4S/c1-2-19-14(18)12-8-10-9-15(6-5-11(10)20-12)13(17)4-3-7-16/h7-8H,2-6,9H2,1H3. The van der Waals surface area contributed by atoms with Gasteiger partial charge in [-0.25, -0.2) is 4.79 Å². The Labute approximate surface area is 121 Å².